The number of likely N-dealkylation sites (tertiary alicyclic amines) is 1. The van der Waals surface area contributed by atoms with E-state index in [1.165, 1.54) is 12.1 Å². The third-order valence-corrected chi connectivity index (χ3v) is 5.39. The molecule has 2 saturated heterocycles. The van der Waals surface area contributed by atoms with Gasteiger partial charge in [0.1, 0.15) is 0 Å². The van der Waals surface area contributed by atoms with E-state index >= 15 is 0 Å². The number of benzene rings is 1. The Hall–Kier alpha value is -2.13. The summed E-state index contributed by atoms with van der Waals surface area (Å²) in [5.74, 6) is -1.05. The molecule has 3 rings (SSSR count). The van der Waals surface area contributed by atoms with Crippen LogP contribution in [0.25, 0.3) is 0 Å². The van der Waals surface area contributed by atoms with Gasteiger partial charge in [-0.1, -0.05) is 6.07 Å². The molecule has 0 aromatic heterocycles. The van der Waals surface area contributed by atoms with Crippen molar-refractivity contribution < 1.29 is 27.5 Å². The van der Waals surface area contributed by atoms with Crippen LogP contribution < -0.4 is 10.6 Å². The molecule has 1 aromatic carbocycles. The number of alkyl halides is 3. The predicted molar refractivity (Wildman–Crippen MR) is 100 cm³/mol. The van der Waals surface area contributed by atoms with Gasteiger partial charge in [-0.3, -0.25) is 14.5 Å². The lowest BCUT2D eigenvalue weighted by molar-refractivity contribution is -0.137. The first-order chi connectivity index (χ1) is 13.8. The minimum atomic E-state index is -4.52. The topological polar surface area (TPSA) is 70.7 Å². The molecule has 1 atom stereocenters. The molecule has 0 radical (unpaired) electrons. The van der Waals surface area contributed by atoms with Gasteiger partial charge in [0, 0.05) is 37.4 Å². The zero-order valence-corrected chi connectivity index (χ0v) is 16.1. The number of rotatable bonds is 5. The number of halogens is 3. The Morgan fingerprint density at radius 3 is 2.66 bits per heavy atom. The van der Waals surface area contributed by atoms with Crippen LogP contribution in [0.15, 0.2) is 24.3 Å². The van der Waals surface area contributed by atoms with Crippen molar-refractivity contribution in [2.45, 2.75) is 43.9 Å². The predicted octanol–water partition coefficient (Wildman–Crippen LogP) is 2.19. The maximum Gasteiger partial charge on any atom is 0.416 e. The molecular formula is C20H26F3N3O3. The second kappa shape index (κ2) is 9.58. The Balaban J connectivity index is 1.46. The van der Waals surface area contributed by atoms with Crippen LogP contribution in [0.5, 0.6) is 0 Å². The van der Waals surface area contributed by atoms with Crippen molar-refractivity contribution >= 4 is 11.8 Å². The summed E-state index contributed by atoms with van der Waals surface area (Å²) in [7, 11) is 0. The van der Waals surface area contributed by atoms with Crippen LogP contribution in [-0.2, 0) is 15.7 Å². The van der Waals surface area contributed by atoms with Gasteiger partial charge in [0.15, 0.2) is 0 Å². The van der Waals surface area contributed by atoms with E-state index in [4.69, 9.17) is 4.74 Å². The molecular weight excluding hydrogens is 387 g/mol. The van der Waals surface area contributed by atoms with Gasteiger partial charge in [-0.25, -0.2) is 0 Å². The van der Waals surface area contributed by atoms with Crippen molar-refractivity contribution in [1.29, 1.82) is 0 Å². The molecule has 29 heavy (non-hydrogen) atoms. The van der Waals surface area contributed by atoms with Gasteiger partial charge in [-0.2, -0.15) is 13.2 Å². The van der Waals surface area contributed by atoms with E-state index in [1.807, 2.05) is 0 Å². The summed E-state index contributed by atoms with van der Waals surface area (Å²) in [6, 6.07) is 4.62. The fraction of sp³-hybridized carbons (Fsp3) is 0.600. The number of ether oxygens (including phenoxy) is 1. The van der Waals surface area contributed by atoms with Crippen molar-refractivity contribution in [1.82, 2.24) is 15.5 Å². The van der Waals surface area contributed by atoms with Crippen LogP contribution >= 0.6 is 0 Å². The fourth-order valence-electron chi connectivity index (χ4n) is 3.88. The van der Waals surface area contributed by atoms with Crippen LogP contribution in [0.2, 0.25) is 0 Å². The van der Waals surface area contributed by atoms with E-state index in [1.54, 1.807) is 0 Å². The first-order valence-electron chi connectivity index (χ1n) is 9.89. The molecule has 9 heteroatoms. The average molecular weight is 413 g/mol. The smallest absolute Gasteiger partial charge is 0.381 e. The first-order valence-corrected chi connectivity index (χ1v) is 9.89. The summed E-state index contributed by atoms with van der Waals surface area (Å²) < 4.78 is 43.7. The third kappa shape index (κ3) is 6.17. The highest BCUT2D eigenvalue weighted by Gasteiger charge is 2.31. The number of carbonyl (C=O) groups excluding carboxylic acids is 2. The van der Waals surface area contributed by atoms with Crippen LogP contribution in [0.3, 0.4) is 0 Å². The van der Waals surface area contributed by atoms with Crippen LogP contribution in [-0.4, -0.2) is 61.6 Å². The van der Waals surface area contributed by atoms with Crippen LogP contribution in [0.4, 0.5) is 13.2 Å². The van der Waals surface area contributed by atoms with Crippen molar-refractivity contribution in [2.24, 2.45) is 0 Å². The Morgan fingerprint density at radius 1 is 1.17 bits per heavy atom. The van der Waals surface area contributed by atoms with E-state index in [2.05, 4.69) is 15.5 Å². The molecule has 0 spiro atoms. The van der Waals surface area contributed by atoms with E-state index in [0.29, 0.717) is 6.04 Å². The number of nitrogens with one attached hydrogen (secondary N) is 2. The molecule has 2 N–H and O–H groups in total. The first kappa shape index (κ1) is 21.6. The summed E-state index contributed by atoms with van der Waals surface area (Å²) in [6.45, 7) is 3.02. The zero-order valence-electron chi connectivity index (χ0n) is 16.1. The normalized spacial score (nSPS) is 21.6. The van der Waals surface area contributed by atoms with Crippen LogP contribution in [0, 0.1) is 0 Å². The lowest BCUT2D eigenvalue weighted by Crippen LogP contribution is -2.53. The molecule has 2 amide bonds. The van der Waals surface area contributed by atoms with E-state index in [9.17, 15) is 22.8 Å². The molecule has 0 bridgehead atoms. The highest BCUT2D eigenvalue weighted by atomic mass is 19.4. The Morgan fingerprint density at radius 2 is 1.93 bits per heavy atom. The van der Waals surface area contributed by atoms with Gasteiger partial charge in [-0.05, 0) is 50.4 Å². The quantitative estimate of drug-likeness (QED) is 0.777. The van der Waals surface area contributed by atoms with E-state index in [0.717, 1.165) is 64.1 Å². The van der Waals surface area contributed by atoms with Crippen molar-refractivity contribution in [2.75, 3.05) is 32.8 Å². The standard InChI is InChI=1S/C20H26F3N3O3/c21-20(22,23)15-4-1-3-14(11-15)19(28)24-12-18(27)25-16-5-2-8-26(13-16)17-6-9-29-10-7-17/h1,3-4,11,16-17H,2,5-10,12-13H2,(H,24,28)(H,25,27). The zero-order chi connectivity index (χ0) is 20.9. The second-order valence-corrected chi connectivity index (χ2v) is 7.51. The molecule has 6 nitrogen and oxygen atoms in total. The summed E-state index contributed by atoms with van der Waals surface area (Å²) in [4.78, 5) is 26.7. The number of hydrogen-bond acceptors (Lipinski definition) is 4. The highest BCUT2D eigenvalue weighted by Crippen LogP contribution is 2.29. The molecule has 2 heterocycles. The summed E-state index contributed by atoms with van der Waals surface area (Å²) in [6.07, 6.45) is -0.682. The highest BCUT2D eigenvalue weighted by molar-refractivity contribution is 5.96. The van der Waals surface area contributed by atoms with E-state index < -0.39 is 17.6 Å². The Bertz CT molecular complexity index is 720. The fourth-order valence-corrected chi connectivity index (χ4v) is 3.88. The minimum absolute atomic E-state index is 0.00422. The monoisotopic (exact) mass is 413 g/mol. The second-order valence-electron chi connectivity index (χ2n) is 7.51. The van der Waals surface area contributed by atoms with Gasteiger partial charge >= 0.3 is 6.18 Å². The number of nitrogens with zero attached hydrogens (tertiary/aromatic N) is 1. The Kier molecular flexibility index (Phi) is 7.13. The number of amides is 2. The number of hydrogen-bond donors (Lipinski definition) is 2. The summed E-state index contributed by atoms with van der Waals surface area (Å²) in [5, 5.41) is 5.32. The molecule has 2 fully saturated rings. The summed E-state index contributed by atoms with van der Waals surface area (Å²) >= 11 is 0. The maximum absolute atomic E-state index is 12.8. The number of piperidine rings is 1. The third-order valence-electron chi connectivity index (χ3n) is 5.39. The molecule has 2 aliphatic heterocycles. The van der Waals surface area contributed by atoms with Gasteiger partial charge in [0.25, 0.3) is 5.91 Å². The molecule has 2 aliphatic rings. The lowest BCUT2D eigenvalue weighted by atomic mass is 10.00. The van der Waals surface area contributed by atoms with Crippen molar-refractivity contribution in [3.05, 3.63) is 35.4 Å². The number of carbonyl (C=O) groups is 2. The van der Waals surface area contributed by atoms with Crippen molar-refractivity contribution in [3.8, 4) is 0 Å². The SMILES string of the molecule is O=C(CNC(=O)c1cccc(C(F)(F)F)c1)NC1CCCN(C2CCOCC2)C1. The average Bonchev–Trinajstić information content (AvgIpc) is 2.72. The molecule has 1 unspecified atom stereocenters. The van der Waals surface area contributed by atoms with Gasteiger partial charge in [0.2, 0.25) is 5.91 Å². The van der Waals surface area contributed by atoms with Gasteiger partial charge in [0.05, 0.1) is 12.1 Å². The molecule has 160 valence electrons. The van der Waals surface area contributed by atoms with Gasteiger partial charge in [-0.15, -0.1) is 0 Å². The largest absolute Gasteiger partial charge is 0.416 e. The van der Waals surface area contributed by atoms with E-state index in [-0.39, 0.29) is 24.1 Å². The lowest BCUT2D eigenvalue weighted by Gasteiger charge is -2.40. The molecule has 0 saturated carbocycles. The minimum Gasteiger partial charge on any atom is -0.381 e. The maximum atomic E-state index is 12.8. The Labute approximate surface area is 167 Å². The molecule has 1 aromatic rings. The van der Waals surface area contributed by atoms with Gasteiger partial charge < -0.3 is 15.4 Å². The van der Waals surface area contributed by atoms with Crippen LogP contribution in [0.1, 0.15) is 41.6 Å². The van der Waals surface area contributed by atoms with Crippen molar-refractivity contribution in [3.63, 3.8) is 0 Å². The summed E-state index contributed by atoms with van der Waals surface area (Å²) in [5.41, 5.74) is -1.03. The molecule has 0 aliphatic carbocycles.